The Kier molecular flexibility index (Phi) is 7.32. The number of benzene rings is 1. The standard InChI is InChI=1S/C27H29F3N4O3S/c28-27(29,30)19-3-10-24(33-15-19)34-20-4-8-22(9-5-20)38(35,36)21-6-1-17(2-7-21)23-11-13-32-26(31)25(23)18-12-14-37-16-18/h1-3,6-7,10-11,13,15,18,20,22H,4-5,8-9,12,14,16H2,(H2,31,32)(H,33,34). The zero-order valence-electron chi connectivity index (χ0n) is 20.6. The molecule has 1 aromatic carbocycles. The second-order valence-electron chi connectivity index (χ2n) is 9.84. The van der Waals surface area contributed by atoms with Crippen LogP contribution in [-0.4, -0.2) is 42.9 Å². The Labute approximate surface area is 219 Å². The number of nitrogens with zero attached hydrogens (tertiary/aromatic N) is 2. The molecule has 202 valence electrons. The van der Waals surface area contributed by atoms with Crippen LogP contribution in [0.3, 0.4) is 0 Å². The number of ether oxygens (including phenoxy) is 1. The van der Waals surface area contributed by atoms with Crippen LogP contribution in [0.2, 0.25) is 0 Å². The lowest BCUT2D eigenvalue weighted by atomic mass is 9.91. The number of nitrogens with one attached hydrogen (secondary N) is 1. The molecule has 3 heterocycles. The van der Waals surface area contributed by atoms with Crippen molar-refractivity contribution in [2.45, 2.75) is 60.4 Å². The van der Waals surface area contributed by atoms with Crippen LogP contribution in [0.1, 0.15) is 49.1 Å². The number of anilines is 2. The Morgan fingerprint density at radius 3 is 2.29 bits per heavy atom. The molecule has 3 N–H and O–H groups in total. The molecule has 11 heteroatoms. The van der Waals surface area contributed by atoms with Crippen molar-refractivity contribution in [3.8, 4) is 11.1 Å². The highest BCUT2D eigenvalue weighted by Gasteiger charge is 2.33. The van der Waals surface area contributed by atoms with Gasteiger partial charge in [-0.25, -0.2) is 18.4 Å². The van der Waals surface area contributed by atoms with Crippen LogP contribution in [0.25, 0.3) is 11.1 Å². The lowest BCUT2D eigenvalue weighted by Crippen LogP contribution is -2.33. The van der Waals surface area contributed by atoms with Crippen LogP contribution in [0.15, 0.2) is 59.8 Å². The number of sulfone groups is 1. The minimum Gasteiger partial charge on any atom is -0.383 e. The van der Waals surface area contributed by atoms with Gasteiger partial charge in [-0.3, -0.25) is 0 Å². The maximum atomic E-state index is 13.4. The van der Waals surface area contributed by atoms with Gasteiger partial charge >= 0.3 is 6.18 Å². The molecule has 1 unspecified atom stereocenters. The summed E-state index contributed by atoms with van der Waals surface area (Å²) >= 11 is 0. The zero-order chi connectivity index (χ0) is 26.9. The number of hydrogen-bond donors (Lipinski definition) is 2. The van der Waals surface area contributed by atoms with E-state index in [2.05, 4.69) is 15.3 Å². The van der Waals surface area contributed by atoms with Gasteiger partial charge in [0.05, 0.1) is 22.3 Å². The van der Waals surface area contributed by atoms with E-state index in [0.717, 1.165) is 35.4 Å². The lowest BCUT2D eigenvalue weighted by molar-refractivity contribution is -0.137. The van der Waals surface area contributed by atoms with Crippen molar-refractivity contribution >= 4 is 21.5 Å². The summed E-state index contributed by atoms with van der Waals surface area (Å²) < 4.78 is 70.5. The van der Waals surface area contributed by atoms with Gasteiger partial charge in [0.25, 0.3) is 0 Å². The van der Waals surface area contributed by atoms with E-state index in [1.807, 2.05) is 18.2 Å². The van der Waals surface area contributed by atoms with E-state index in [1.165, 1.54) is 6.07 Å². The van der Waals surface area contributed by atoms with Gasteiger partial charge in [-0.1, -0.05) is 12.1 Å². The summed E-state index contributed by atoms with van der Waals surface area (Å²) in [5.41, 5.74) is 8.14. The van der Waals surface area contributed by atoms with Crippen molar-refractivity contribution in [2.24, 2.45) is 0 Å². The first-order valence-electron chi connectivity index (χ1n) is 12.6. The van der Waals surface area contributed by atoms with Crippen molar-refractivity contribution in [3.05, 3.63) is 66.0 Å². The maximum absolute atomic E-state index is 13.4. The third-order valence-corrected chi connectivity index (χ3v) is 9.69. The molecule has 7 nitrogen and oxygen atoms in total. The molecular formula is C27H29F3N4O3S. The Hall–Kier alpha value is -3.18. The number of pyridine rings is 2. The monoisotopic (exact) mass is 546 g/mol. The highest BCUT2D eigenvalue weighted by molar-refractivity contribution is 7.92. The fraction of sp³-hybridized carbons (Fsp3) is 0.407. The van der Waals surface area contributed by atoms with Crippen molar-refractivity contribution < 1.29 is 26.3 Å². The Morgan fingerprint density at radius 2 is 1.68 bits per heavy atom. The normalized spacial score (nSPS) is 22.3. The Balaban J connectivity index is 1.24. The predicted molar refractivity (Wildman–Crippen MR) is 138 cm³/mol. The molecule has 1 saturated heterocycles. The molecule has 2 fully saturated rings. The van der Waals surface area contributed by atoms with E-state index in [4.69, 9.17) is 10.5 Å². The maximum Gasteiger partial charge on any atom is 0.417 e. The van der Waals surface area contributed by atoms with E-state index >= 15 is 0 Å². The summed E-state index contributed by atoms with van der Waals surface area (Å²) in [5, 5.41) is 2.61. The number of alkyl halides is 3. The Bertz CT molecular complexity index is 1370. The second kappa shape index (κ2) is 10.5. The van der Waals surface area contributed by atoms with Gasteiger partial charge in [-0.2, -0.15) is 13.2 Å². The first-order valence-corrected chi connectivity index (χ1v) is 14.1. The SMILES string of the molecule is Nc1nccc(-c2ccc(S(=O)(=O)C3CCC(Nc4ccc(C(F)(F)F)cn4)CC3)cc2)c1C1CCOC1. The average molecular weight is 547 g/mol. The number of nitrogens with two attached hydrogens (primary N) is 1. The zero-order valence-corrected chi connectivity index (χ0v) is 21.4. The molecule has 0 spiro atoms. The van der Waals surface area contributed by atoms with Gasteiger partial charge in [0.15, 0.2) is 9.84 Å². The van der Waals surface area contributed by atoms with Crippen LogP contribution < -0.4 is 11.1 Å². The topological polar surface area (TPSA) is 107 Å². The molecule has 1 aliphatic heterocycles. The molecule has 1 aliphatic carbocycles. The highest BCUT2D eigenvalue weighted by Crippen LogP contribution is 2.38. The van der Waals surface area contributed by atoms with Gasteiger partial charge < -0.3 is 15.8 Å². The summed E-state index contributed by atoms with van der Waals surface area (Å²) in [6.45, 7) is 1.26. The summed E-state index contributed by atoms with van der Waals surface area (Å²) in [7, 11) is -3.54. The van der Waals surface area contributed by atoms with E-state index in [9.17, 15) is 21.6 Å². The van der Waals surface area contributed by atoms with Crippen LogP contribution in [0.5, 0.6) is 0 Å². The van der Waals surface area contributed by atoms with E-state index in [1.54, 1.807) is 18.3 Å². The minimum absolute atomic E-state index is 0.0526. The lowest BCUT2D eigenvalue weighted by Gasteiger charge is -2.29. The molecular weight excluding hydrogens is 517 g/mol. The van der Waals surface area contributed by atoms with Crippen LogP contribution in [0, 0.1) is 0 Å². The van der Waals surface area contributed by atoms with Crippen molar-refractivity contribution in [2.75, 3.05) is 24.3 Å². The predicted octanol–water partition coefficient (Wildman–Crippen LogP) is 5.45. The van der Waals surface area contributed by atoms with Gasteiger partial charge in [0.2, 0.25) is 0 Å². The fourth-order valence-corrected chi connectivity index (χ4v) is 7.12. The third-order valence-electron chi connectivity index (χ3n) is 7.41. The summed E-state index contributed by atoms with van der Waals surface area (Å²) in [6, 6.07) is 11.0. The molecule has 5 rings (SSSR count). The second-order valence-corrected chi connectivity index (χ2v) is 12.1. The molecule has 1 saturated carbocycles. The van der Waals surface area contributed by atoms with Crippen molar-refractivity contribution in [1.82, 2.24) is 9.97 Å². The fourth-order valence-electron chi connectivity index (χ4n) is 5.32. The molecule has 2 aliphatic rings. The minimum atomic E-state index is -4.44. The van der Waals surface area contributed by atoms with Crippen molar-refractivity contribution in [1.29, 1.82) is 0 Å². The first-order chi connectivity index (χ1) is 18.1. The van der Waals surface area contributed by atoms with E-state index in [0.29, 0.717) is 50.5 Å². The quantitative estimate of drug-likeness (QED) is 0.424. The smallest absolute Gasteiger partial charge is 0.383 e. The molecule has 0 amide bonds. The van der Waals surface area contributed by atoms with Crippen LogP contribution in [0.4, 0.5) is 24.8 Å². The average Bonchev–Trinajstić information content (AvgIpc) is 3.43. The van der Waals surface area contributed by atoms with Gasteiger partial charge in [0, 0.05) is 36.5 Å². The molecule has 3 aromatic rings. The van der Waals surface area contributed by atoms with E-state index < -0.39 is 26.8 Å². The summed E-state index contributed by atoms with van der Waals surface area (Å²) in [5.74, 6) is 0.968. The highest BCUT2D eigenvalue weighted by atomic mass is 32.2. The summed E-state index contributed by atoms with van der Waals surface area (Å²) in [6.07, 6.45) is 0.941. The van der Waals surface area contributed by atoms with E-state index in [-0.39, 0.29) is 16.9 Å². The van der Waals surface area contributed by atoms with Crippen LogP contribution in [-0.2, 0) is 20.8 Å². The number of nitrogen functional groups attached to an aromatic ring is 1. The Morgan fingerprint density at radius 1 is 0.947 bits per heavy atom. The molecule has 2 aromatic heterocycles. The van der Waals surface area contributed by atoms with Gasteiger partial charge in [0.1, 0.15) is 11.6 Å². The molecule has 0 bridgehead atoms. The number of halogens is 3. The van der Waals surface area contributed by atoms with Crippen LogP contribution >= 0.6 is 0 Å². The largest absolute Gasteiger partial charge is 0.417 e. The van der Waals surface area contributed by atoms with Gasteiger partial charge in [-0.05, 0) is 73.6 Å². The first kappa shape index (κ1) is 26.4. The van der Waals surface area contributed by atoms with Gasteiger partial charge in [-0.15, -0.1) is 0 Å². The number of rotatable bonds is 6. The molecule has 0 radical (unpaired) electrons. The van der Waals surface area contributed by atoms with Crippen molar-refractivity contribution in [3.63, 3.8) is 0 Å². The molecule has 38 heavy (non-hydrogen) atoms. The molecule has 1 atom stereocenters. The number of aromatic nitrogens is 2. The summed E-state index contributed by atoms with van der Waals surface area (Å²) in [4.78, 5) is 8.38. The third kappa shape index (κ3) is 5.49. The number of hydrogen-bond acceptors (Lipinski definition) is 7.